The predicted octanol–water partition coefficient (Wildman–Crippen LogP) is 2.34. The van der Waals surface area contributed by atoms with Gasteiger partial charge in [0.15, 0.2) is 0 Å². The summed E-state index contributed by atoms with van der Waals surface area (Å²) in [4.78, 5) is 0. The minimum Gasteiger partial charge on any atom is -0.512 e. The van der Waals surface area contributed by atoms with E-state index in [2.05, 4.69) is 13.8 Å². The minimum absolute atomic E-state index is 0. The van der Waals surface area contributed by atoms with Crippen molar-refractivity contribution in [2.75, 3.05) is 0 Å². The zero-order valence-electron chi connectivity index (χ0n) is 8.09. The van der Waals surface area contributed by atoms with Gasteiger partial charge in [-0.1, -0.05) is 0 Å². The van der Waals surface area contributed by atoms with Gasteiger partial charge >= 0.3 is 17.1 Å². The molecule has 0 unspecified atom stereocenters. The SMILES string of the molecule is [C-]#N.[CH2-]CCC#N.[CH2-]CCC#N.[Cu+2].[Zn]. The van der Waals surface area contributed by atoms with Crippen LogP contribution in [0.1, 0.15) is 25.7 Å². The van der Waals surface area contributed by atoms with Crippen LogP contribution in [-0.2, 0) is 36.5 Å². The summed E-state index contributed by atoms with van der Waals surface area (Å²) in [6, 6.07) is 3.91. The molecule has 0 saturated carbocycles. The Bertz CT molecular complexity index is 142. The van der Waals surface area contributed by atoms with Gasteiger partial charge in [-0.2, -0.15) is 23.4 Å². The van der Waals surface area contributed by atoms with Gasteiger partial charge in [-0.05, 0) is 0 Å². The first-order valence-electron chi connectivity index (χ1n) is 3.38. The van der Waals surface area contributed by atoms with E-state index in [-0.39, 0.29) is 36.5 Å². The van der Waals surface area contributed by atoms with Crippen molar-refractivity contribution in [2.24, 2.45) is 0 Å². The van der Waals surface area contributed by atoms with Crippen molar-refractivity contribution in [3.05, 3.63) is 20.4 Å². The molecule has 5 heteroatoms. The van der Waals surface area contributed by atoms with Gasteiger partial charge in [0.2, 0.25) is 0 Å². The van der Waals surface area contributed by atoms with Crippen molar-refractivity contribution in [1.82, 2.24) is 0 Å². The average molecular weight is 291 g/mol. The topological polar surface area (TPSA) is 71.4 Å². The third kappa shape index (κ3) is 100. The summed E-state index contributed by atoms with van der Waals surface area (Å²) in [6.07, 6.45) is 2.63. The van der Waals surface area contributed by atoms with Gasteiger partial charge in [-0.25, -0.2) is 0 Å². The van der Waals surface area contributed by atoms with Crippen LogP contribution >= 0.6 is 0 Å². The fourth-order valence-corrected chi connectivity index (χ4v) is 0.158. The van der Waals surface area contributed by atoms with Gasteiger partial charge in [0.05, 0.1) is 12.1 Å². The van der Waals surface area contributed by atoms with E-state index in [1.807, 2.05) is 12.1 Å². The van der Waals surface area contributed by atoms with Crippen LogP contribution in [0, 0.1) is 48.3 Å². The van der Waals surface area contributed by atoms with E-state index in [0.29, 0.717) is 12.8 Å². The third-order valence-corrected chi connectivity index (χ3v) is 0.577. The Morgan fingerprint density at radius 3 is 1.14 bits per heavy atom. The van der Waals surface area contributed by atoms with Gasteiger partial charge in [-0.15, -0.1) is 0 Å². The second kappa shape index (κ2) is 54.0. The van der Waals surface area contributed by atoms with Crippen LogP contribution in [0.5, 0.6) is 0 Å². The molecule has 0 aliphatic carbocycles. The van der Waals surface area contributed by atoms with E-state index in [4.69, 9.17) is 22.4 Å². The molecule has 0 aliphatic rings. The second-order valence-electron chi connectivity index (χ2n) is 1.52. The second-order valence-corrected chi connectivity index (χ2v) is 1.52. The van der Waals surface area contributed by atoms with E-state index < -0.39 is 0 Å². The molecule has 0 bridgehead atoms. The van der Waals surface area contributed by atoms with Gasteiger partial charge in [0, 0.05) is 32.3 Å². The molecule has 1 radical (unpaired) electrons. The number of unbranched alkanes of at least 4 members (excludes halogenated alkanes) is 2. The zero-order valence-corrected chi connectivity index (χ0v) is 12.0. The minimum atomic E-state index is 0. The summed E-state index contributed by atoms with van der Waals surface area (Å²) < 4.78 is 0. The van der Waals surface area contributed by atoms with Crippen LogP contribution in [0.25, 0.3) is 0 Å². The normalized spacial score (nSPS) is 4.71. The Morgan fingerprint density at radius 2 is 1.14 bits per heavy atom. The molecule has 14 heavy (non-hydrogen) atoms. The van der Waals surface area contributed by atoms with Gasteiger partial charge < -0.3 is 25.7 Å². The van der Waals surface area contributed by atoms with Crippen LogP contribution in [0.4, 0.5) is 0 Å². The Morgan fingerprint density at radius 1 is 0.929 bits per heavy atom. The maximum absolute atomic E-state index is 7.78. The summed E-state index contributed by atoms with van der Waals surface area (Å²) in [5.74, 6) is 0. The molecule has 0 saturated heterocycles. The van der Waals surface area contributed by atoms with Crippen molar-refractivity contribution in [2.45, 2.75) is 25.7 Å². The fraction of sp³-hybridized carbons (Fsp3) is 0.444. The number of nitriles is 2. The van der Waals surface area contributed by atoms with Gasteiger partial charge in [0.1, 0.15) is 0 Å². The van der Waals surface area contributed by atoms with Gasteiger partial charge in [-0.3, -0.25) is 0 Å². The molecule has 77 valence electrons. The van der Waals surface area contributed by atoms with Crippen LogP contribution in [-0.4, -0.2) is 0 Å². The molecule has 0 rings (SSSR count). The third-order valence-electron chi connectivity index (χ3n) is 0.577. The van der Waals surface area contributed by atoms with Crippen molar-refractivity contribution in [3.63, 3.8) is 0 Å². The Hall–Kier alpha value is -0.387. The van der Waals surface area contributed by atoms with Crippen molar-refractivity contribution in [3.8, 4) is 12.1 Å². The molecule has 0 N–H and O–H groups in total. The number of hydrogen-bond donors (Lipinski definition) is 0. The summed E-state index contributed by atoms with van der Waals surface area (Å²) in [5.41, 5.74) is 0. The molecule has 0 aromatic carbocycles. The molecular weight excluding hydrogens is 279 g/mol. The quantitative estimate of drug-likeness (QED) is 0.579. The molecule has 3 nitrogen and oxygen atoms in total. The number of hydrogen-bond acceptors (Lipinski definition) is 3. The van der Waals surface area contributed by atoms with E-state index in [1.165, 1.54) is 0 Å². The smallest absolute Gasteiger partial charge is 0.512 e. The van der Waals surface area contributed by atoms with Crippen LogP contribution in [0.15, 0.2) is 0 Å². The summed E-state index contributed by atoms with van der Waals surface area (Å²) in [6.45, 7) is 11.7. The first kappa shape index (κ1) is 29.2. The van der Waals surface area contributed by atoms with Crippen LogP contribution < -0.4 is 0 Å². The number of rotatable bonds is 2. The summed E-state index contributed by atoms with van der Waals surface area (Å²) >= 11 is 0. The predicted molar refractivity (Wildman–Crippen MR) is 45.4 cm³/mol. The average Bonchev–Trinajstić information content (AvgIpc) is 2.12. The van der Waals surface area contributed by atoms with Gasteiger partial charge in [0.25, 0.3) is 0 Å². The molecular formula is C9H12CuN3Zn-. The van der Waals surface area contributed by atoms with Crippen molar-refractivity contribution >= 4 is 0 Å². The molecule has 0 atom stereocenters. The van der Waals surface area contributed by atoms with E-state index in [9.17, 15) is 0 Å². The maximum atomic E-state index is 7.78. The molecule has 0 heterocycles. The van der Waals surface area contributed by atoms with E-state index >= 15 is 0 Å². The van der Waals surface area contributed by atoms with E-state index in [1.54, 1.807) is 0 Å². The standard InChI is InChI=1S/2C4H6N.CN.Cu.Zn/c2*1-2-3-4-5;1-2;;/h2*1-3H2;;;/q3*-1;+2;. The largest absolute Gasteiger partial charge is 2.00 e. The Labute approximate surface area is 110 Å². The summed E-state index contributed by atoms with van der Waals surface area (Å²) in [7, 11) is 0. The Balaban J connectivity index is -0.0000000292. The van der Waals surface area contributed by atoms with Crippen molar-refractivity contribution < 1.29 is 36.5 Å². The van der Waals surface area contributed by atoms with E-state index in [0.717, 1.165) is 12.8 Å². The zero-order chi connectivity index (χ0) is 10.2. The Kier molecular flexibility index (Phi) is 113. The first-order chi connectivity index (χ1) is 5.83. The molecule has 0 aliphatic heterocycles. The monoisotopic (exact) mass is 289 g/mol. The number of nitrogens with zero attached hydrogens (tertiary/aromatic N) is 3. The summed E-state index contributed by atoms with van der Waals surface area (Å²) in [5, 5.41) is 21.8. The molecule has 0 spiro atoms. The maximum Gasteiger partial charge on any atom is 2.00 e. The molecule has 0 aromatic rings. The molecule has 0 amide bonds. The van der Waals surface area contributed by atoms with Crippen LogP contribution in [0.3, 0.4) is 0 Å². The fourth-order valence-electron chi connectivity index (χ4n) is 0.158. The first-order valence-corrected chi connectivity index (χ1v) is 3.38. The van der Waals surface area contributed by atoms with Crippen LogP contribution in [0.2, 0.25) is 0 Å². The molecule has 0 fully saturated rings. The molecule has 0 aromatic heterocycles. The van der Waals surface area contributed by atoms with Crippen molar-refractivity contribution in [1.29, 1.82) is 15.8 Å².